The van der Waals surface area contributed by atoms with Gasteiger partial charge >= 0.3 is 0 Å². The topological polar surface area (TPSA) is 51.2 Å². The molecule has 170 valence electrons. The van der Waals surface area contributed by atoms with Crippen molar-refractivity contribution in [3.8, 4) is 11.5 Å². The molecule has 1 aromatic carbocycles. The van der Waals surface area contributed by atoms with Crippen molar-refractivity contribution in [1.29, 1.82) is 0 Å². The van der Waals surface area contributed by atoms with E-state index in [1.54, 1.807) is 7.11 Å². The number of benzene rings is 1. The standard InChI is InChI=1S/C26H37NO4/c1-6-7-23(2,28)19-15-24-8-9-26(19,30-5)22-25(24)10-11-27(3)20(24)13-16-12-17(29-4)14-18(31-22)21(16)25/h12,14,19-20,22,28H,6-11,13,15H2,1-5H3/t19-,20-,22-,23?,24-,25+,26+/m1/s1. The second kappa shape index (κ2) is 6.18. The lowest BCUT2D eigenvalue weighted by atomic mass is 9.33. The molecule has 7 rings (SSSR count). The molecule has 1 saturated heterocycles. The predicted molar refractivity (Wildman–Crippen MR) is 119 cm³/mol. The third-order valence-corrected chi connectivity index (χ3v) is 10.3. The molecule has 0 radical (unpaired) electrons. The van der Waals surface area contributed by atoms with Crippen molar-refractivity contribution in [3.63, 3.8) is 0 Å². The molecular weight excluding hydrogens is 390 g/mol. The molecule has 7 atom stereocenters. The smallest absolute Gasteiger partial charge is 0.138 e. The van der Waals surface area contributed by atoms with E-state index in [-0.39, 0.29) is 22.9 Å². The molecule has 4 fully saturated rings. The Morgan fingerprint density at radius 1 is 1.26 bits per heavy atom. The molecule has 1 unspecified atom stereocenters. The highest BCUT2D eigenvalue weighted by Crippen LogP contribution is 2.77. The van der Waals surface area contributed by atoms with Crippen molar-refractivity contribution in [2.24, 2.45) is 11.3 Å². The van der Waals surface area contributed by atoms with E-state index in [0.29, 0.717) is 6.04 Å². The Kier molecular flexibility index (Phi) is 4.05. The van der Waals surface area contributed by atoms with Crippen molar-refractivity contribution in [2.45, 2.75) is 87.6 Å². The van der Waals surface area contributed by atoms with Crippen LogP contribution in [-0.2, 0) is 16.6 Å². The number of nitrogens with zero attached hydrogens (tertiary/aromatic N) is 1. The van der Waals surface area contributed by atoms with E-state index in [1.807, 2.05) is 14.0 Å². The fraction of sp³-hybridized carbons (Fsp3) is 0.769. The highest BCUT2D eigenvalue weighted by atomic mass is 16.6. The van der Waals surface area contributed by atoms with Crippen LogP contribution in [0.3, 0.4) is 0 Å². The number of piperidine rings is 1. The minimum Gasteiger partial charge on any atom is -0.497 e. The third-order valence-electron chi connectivity index (χ3n) is 10.3. The highest BCUT2D eigenvalue weighted by molar-refractivity contribution is 5.61. The first-order valence-electron chi connectivity index (χ1n) is 12.2. The number of fused-ring (bicyclic) bond motifs is 2. The summed E-state index contributed by atoms with van der Waals surface area (Å²) in [5.41, 5.74) is 1.73. The molecule has 3 saturated carbocycles. The van der Waals surface area contributed by atoms with Crippen LogP contribution in [0.25, 0.3) is 0 Å². The Morgan fingerprint density at radius 2 is 2.06 bits per heavy atom. The summed E-state index contributed by atoms with van der Waals surface area (Å²) < 4.78 is 19.1. The molecule has 2 heterocycles. The van der Waals surface area contributed by atoms with Gasteiger partial charge in [0.25, 0.3) is 0 Å². The van der Waals surface area contributed by atoms with Crippen molar-refractivity contribution < 1.29 is 19.3 Å². The summed E-state index contributed by atoms with van der Waals surface area (Å²) in [6, 6.07) is 4.81. The minimum atomic E-state index is -0.761. The van der Waals surface area contributed by atoms with E-state index in [1.165, 1.54) is 11.1 Å². The monoisotopic (exact) mass is 427 g/mol. The molecular formula is C26H37NO4. The molecule has 2 aliphatic heterocycles. The van der Waals surface area contributed by atoms with E-state index in [4.69, 9.17) is 14.2 Å². The van der Waals surface area contributed by atoms with Gasteiger partial charge in [-0.2, -0.15) is 0 Å². The second-order valence-corrected chi connectivity index (χ2v) is 11.3. The molecule has 0 amide bonds. The lowest BCUT2D eigenvalue weighted by Crippen LogP contribution is -2.82. The van der Waals surface area contributed by atoms with E-state index in [0.717, 1.165) is 63.0 Å². The van der Waals surface area contributed by atoms with Gasteiger partial charge in [-0.15, -0.1) is 0 Å². The maximum atomic E-state index is 11.8. The van der Waals surface area contributed by atoms with Crippen molar-refractivity contribution >= 4 is 0 Å². The maximum absolute atomic E-state index is 11.8. The van der Waals surface area contributed by atoms with Gasteiger partial charge in [0.1, 0.15) is 23.2 Å². The largest absolute Gasteiger partial charge is 0.497 e. The Bertz CT molecular complexity index is 930. The second-order valence-electron chi connectivity index (χ2n) is 11.3. The Balaban J connectivity index is 1.62. The zero-order chi connectivity index (χ0) is 21.8. The summed E-state index contributed by atoms with van der Waals surface area (Å²) in [5, 5.41) is 11.8. The van der Waals surface area contributed by atoms with Crippen LogP contribution in [0, 0.1) is 11.3 Å². The number of rotatable bonds is 5. The molecule has 5 heteroatoms. The van der Waals surface area contributed by atoms with Crippen LogP contribution in [-0.4, -0.2) is 61.2 Å². The van der Waals surface area contributed by atoms with Crippen LogP contribution in [0.15, 0.2) is 12.1 Å². The average Bonchev–Trinajstić information content (AvgIpc) is 3.11. The van der Waals surface area contributed by atoms with Crippen LogP contribution in [0.4, 0.5) is 0 Å². The zero-order valence-corrected chi connectivity index (χ0v) is 19.7. The summed E-state index contributed by atoms with van der Waals surface area (Å²) in [5.74, 6) is 1.96. The van der Waals surface area contributed by atoms with Gasteiger partial charge in [-0.25, -0.2) is 0 Å². The molecule has 31 heavy (non-hydrogen) atoms. The van der Waals surface area contributed by atoms with Crippen LogP contribution in [0.5, 0.6) is 11.5 Å². The minimum absolute atomic E-state index is 0.0214. The van der Waals surface area contributed by atoms with E-state index >= 15 is 0 Å². The van der Waals surface area contributed by atoms with Gasteiger partial charge in [0, 0.05) is 41.5 Å². The summed E-state index contributed by atoms with van der Waals surface area (Å²) in [7, 11) is 5.90. The fourth-order valence-electron chi connectivity index (χ4n) is 9.23. The average molecular weight is 428 g/mol. The molecule has 0 aromatic heterocycles. The normalized spacial score (nSPS) is 43.9. The first-order valence-corrected chi connectivity index (χ1v) is 12.2. The van der Waals surface area contributed by atoms with Crippen LogP contribution in [0.2, 0.25) is 0 Å². The Labute approximate surface area is 186 Å². The molecule has 4 aliphatic carbocycles. The number of hydrogen-bond acceptors (Lipinski definition) is 5. The van der Waals surface area contributed by atoms with Gasteiger partial charge in [0.2, 0.25) is 0 Å². The summed E-state index contributed by atoms with van der Waals surface area (Å²) in [4.78, 5) is 2.60. The summed E-state index contributed by atoms with van der Waals surface area (Å²) >= 11 is 0. The van der Waals surface area contributed by atoms with E-state index in [2.05, 4.69) is 31.0 Å². The SMILES string of the molecule is CCCC(C)(O)[C@H]1C[C@@]23CC[C@@]1(OC)[C@@H]1Oc4cc(OC)cc5c4[C@@]12CCN(C)[C@@H]3C5. The zero-order valence-electron chi connectivity index (χ0n) is 19.7. The van der Waals surface area contributed by atoms with E-state index < -0.39 is 11.2 Å². The van der Waals surface area contributed by atoms with E-state index in [9.17, 15) is 5.11 Å². The van der Waals surface area contributed by atoms with Crippen LogP contribution < -0.4 is 9.47 Å². The number of ether oxygens (including phenoxy) is 3. The first kappa shape index (κ1) is 20.3. The first-order chi connectivity index (χ1) is 14.8. The molecule has 1 aromatic rings. The summed E-state index contributed by atoms with van der Waals surface area (Å²) in [6.45, 7) is 5.30. The molecule has 1 N–H and O–H groups in total. The van der Waals surface area contributed by atoms with Gasteiger partial charge in [0.15, 0.2) is 0 Å². The lowest BCUT2D eigenvalue weighted by Gasteiger charge is -2.74. The maximum Gasteiger partial charge on any atom is 0.138 e. The fourth-order valence-corrected chi connectivity index (χ4v) is 9.23. The molecule has 6 aliphatic rings. The van der Waals surface area contributed by atoms with Gasteiger partial charge in [0.05, 0.1) is 12.7 Å². The number of methoxy groups -OCH3 is 2. The van der Waals surface area contributed by atoms with Gasteiger partial charge in [-0.3, -0.25) is 0 Å². The van der Waals surface area contributed by atoms with Gasteiger partial charge < -0.3 is 24.2 Å². The number of aliphatic hydroxyl groups is 1. The Hall–Kier alpha value is -1.30. The molecule has 4 bridgehead atoms. The van der Waals surface area contributed by atoms with Crippen molar-refractivity contribution in [3.05, 3.63) is 23.3 Å². The number of likely N-dealkylation sites (N-methyl/N-ethyl adjacent to an activating group) is 1. The molecule has 5 nitrogen and oxygen atoms in total. The third kappa shape index (κ3) is 2.10. The molecule has 2 spiro atoms. The van der Waals surface area contributed by atoms with Gasteiger partial charge in [-0.05, 0) is 70.7 Å². The summed E-state index contributed by atoms with van der Waals surface area (Å²) in [6.07, 6.45) is 7.00. The van der Waals surface area contributed by atoms with Crippen molar-refractivity contribution in [1.82, 2.24) is 4.90 Å². The van der Waals surface area contributed by atoms with Crippen LogP contribution in [0.1, 0.15) is 63.5 Å². The predicted octanol–water partition coefficient (Wildman–Crippen LogP) is 3.69. The highest BCUT2D eigenvalue weighted by Gasteiger charge is 2.81. The number of hydrogen-bond donors (Lipinski definition) is 1. The lowest BCUT2D eigenvalue weighted by molar-refractivity contribution is -0.301. The van der Waals surface area contributed by atoms with Crippen molar-refractivity contribution in [2.75, 3.05) is 27.8 Å². The van der Waals surface area contributed by atoms with Crippen LogP contribution >= 0.6 is 0 Å². The Morgan fingerprint density at radius 3 is 2.77 bits per heavy atom. The quantitative estimate of drug-likeness (QED) is 0.777. The number of likely N-dealkylation sites (tertiary alicyclic amines) is 1. The van der Waals surface area contributed by atoms with Gasteiger partial charge in [-0.1, -0.05) is 13.3 Å².